The maximum atomic E-state index is 6.23. The minimum Gasteiger partial charge on any atom is -0.486 e. The van der Waals surface area contributed by atoms with Crippen LogP contribution < -0.4 is 10.5 Å². The number of hydrogen-bond donors (Lipinski definition) is 1. The van der Waals surface area contributed by atoms with Crippen molar-refractivity contribution >= 4 is 11.6 Å². The Morgan fingerprint density at radius 1 is 1.50 bits per heavy atom. The van der Waals surface area contributed by atoms with E-state index in [1.54, 1.807) is 0 Å². The molecule has 0 radical (unpaired) electrons. The van der Waals surface area contributed by atoms with Gasteiger partial charge in [0.2, 0.25) is 0 Å². The van der Waals surface area contributed by atoms with Gasteiger partial charge in [0.15, 0.2) is 0 Å². The average molecular weight is 292 g/mol. The normalized spacial score (nSPS) is 16.1. The number of ether oxygens (including phenoxy) is 1. The summed E-state index contributed by atoms with van der Waals surface area (Å²) in [6, 6.07) is 6.26. The van der Waals surface area contributed by atoms with Crippen LogP contribution in [0.4, 0.5) is 0 Å². The predicted molar refractivity (Wildman–Crippen MR) is 78.9 cm³/mol. The van der Waals surface area contributed by atoms with Gasteiger partial charge in [-0.15, -0.1) is 0 Å². The fraction of sp³-hybridized carbons (Fsp3) is 0.400. The molecule has 0 spiro atoms. The maximum absolute atomic E-state index is 6.23. The third-order valence-electron chi connectivity index (χ3n) is 3.54. The second-order valence-electron chi connectivity index (χ2n) is 5.29. The lowest BCUT2D eigenvalue weighted by atomic mass is 10.1. The number of benzene rings is 1. The molecule has 0 saturated heterocycles. The summed E-state index contributed by atoms with van der Waals surface area (Å²) in [5.41, 5.74) is 7.92. The van der Waals surface area contributed by atoms with E-state index in [4.69, 9.17) is 22.1 Å². The first-order valence-corrected chi connectivity index (χ1v) is 7.21. The van der Waals surface area contributed by atoms with Gasteiger partial charge in [-0.2, -0.15) is 0 Å². The summed E-state index contributed by atoms with van der Waals surface area (Å²) >= 11 is 6.23. The van der Waals surface area contributed by atoms with E-state index in [2.05, 4.69) is 9.55 Å². The van der Waals surface area contributed by atoms with Crippen LogP contribution in [0.25, 0.3) is 0 Å². The van der Waals surface area contributed by atoms with E-state index in [0.717, 1.165) is 11.3 Å². The van der Waals surface area contributed by atoms with Crippen LogP contribution in [0.1, 0.15) is 43.1 Å². The number of rotatable bonds is 5. The van der Waals surface area contributed by atoms with Gasteiger partial charge in [0.25, 0.3) is 0 Å². The van der Waals surface area contributed by atoms with E-state index in [9.17, 15) is 0 Å². The lowest BCUT2D eigenvalue weighted by Gasteiger charge is -2.12. The molecule has 0 amide bonds. The molecular weight excluding hydrogens is 274 g/mol. The largest absolute Gasteiger partial charge is 0.486 e. The molecule has 2 N–H and O–H groups in total. The van der Waals surface area contributed by atoms with E-state index in [-0.39, 0.29) is 6.04 Å². The topological polar surface area (TPSA) is 53.1 Å². The molecule has 4 nitrogen and oxygen atoms in total. The number of imidazole rings is 1. The van der Waals surface area contributed by atoms with Crippen LogP contribution in [0, 0.1) is 0 Å². The molecular formula is C15H18ClN3O. The Kier molecular flexibility index (Phi) is 3.68. The smallest absolute Gasteiger partial charge is 0.138 e. The van der Waals surface area contributed by atoms with E-state index in [1.807, 2.05) is 37.6 Å². The van der Waals surface area contributed by atoms with Gasteiger partial charge in [-0.3, -0.25) is 0 Å². The summed E-state index contributed by atoms with van der Waals surface area (Å²) < 4.78 is 7.99. The third-order valence-corrected chi connectivity index (χ3v) is 3.84. The maximum Gasteiger partial charge on any atom is 0.138 e. The molecule has 0 bridgehead atoms. The van der Waals surface area contributed by atoms with Crippen LogP contribution in [0.15, 0.2) is 30.7 Å². The Morgan fingerprint density at radius 3 is 2.95 bits per heavy atom. The molecule has 20 heavy (non-hydrogen) atoms. The molecule has 1 heterocycles. The van der Waals surface area contributed by atoms with Crippen molar-refractivity contribution in [1.82, 2.24) is 9.55 Å². The highest BCUT2D eigenvalue weighted by Crippen LogP contribution is 2.36. The molecule has 5 heteroatoms. The van der Waals surface area contributed by atoms with Gasteiger partial charge in [-0.1, -0.05) is 17.7 Å². The zero-order chi connectivity index (χ0) is 14.1. The number of halogens is 1. The van der Waals surface area contributed by atoms with Crippen molar-refractivity contribution in [3.63, 3.8) is 0 Å². The fourth-order valence-corrected chi connectivity index (χ4v) is 2.44. The van der Waals surface area contributed by atoms with Gasteiger partial charge in [0.05, 0.1) is 23.2 Å². The molecule has 1 atom stereocenters. The number of aromatic nitrogens is 2. The summed E-state index contributed by atoms with van der Waals surface area (Å²) in [5.74, 6) is 0.680. The van der Waals surface area contributed by atoms with Crippen molar-refractivity contribution in [3.05, 3.63) is 47.0 Å². The highest BCUT2D eigenvalue weighted by molar-refractivity contribution is 6.32. The summed E-state index contributed by atoms with van der Waals surface area (Å²) in [7, 11) is 0. The zero-order valence-corrected chi connectivity index (χ0v) is 12.2. The summed E-state index contributed by atoms with van der Waals surface area (Å²) in [6.45, 7) is 2.41. The minimum absolute atomic E-state index is 0.0298. The Bertz CT molecular complexity index is 605. The van der Waals surface area contributed by atoms with Crippen LogP contribution in [-0.4, -0.2) is 9.55 Å². The van der Waals surface area contributed by atoms with Crippen LogP contribution in [0.5, 0.6) is 5.75 Å². The molecule has 1 aliphatic rings. The van der Waals surface area contributed by atoms with Crippen molar-refractivity contribution in [3.8, 4) is 5.75 Å². The average Bonchev–Trinajstić information content (AvgIpc) is 3.16. The first-order chi connectivity index (χ1) is 9.65. The molecule has 1 saturated carbocycles. The molecule has 0 unspecified atom stereocenters. The predicted octanol–water partition coefficient (Wildman–Crippen LogP) is 3.47. The Morgan fingerprint density at radius 2 is 2.30 bits per heavy atom. The first kappa shape index (κ1) is 13.5. The van der Waals surface area contributed by atoms with Gasteiger partial charge >= 0.3 is 0 Å². The fourth-order valence-electron chi connectivity index (χ4n) is 2.19. The summed E-state index contributed by atoms with van der Waals surface area (Å²) in [4.78, 5) is 4.19. The number of nitrogens with zero attached hydrogens (tertiary/aromatic N) is 2. The molecule has 3 rings (SSSR count). The number of hydrogen-bond acceptors (Lipinski definition) is 3. The first-order valence-electron chi connectivity index (χ1n) is 6.83. The Labute approximate surface area is 123 Å². The summed E-state index contributed by atoms with van der Waals surface area (Å²) in [6.07, 6.45) is 6.18. The van der Waals surface area contributed by atoms with Crippen molar-refractivity contribution < 1.29 is 4.74 Å². The van der Waals surface area contributed by atoms with Gasteiger partial charge < -0.3 is 15.0 Å². The van der Waals surface area contributed by atoms with E-state index >= 15 is 0 Å². The van der Waals surface area contributed by atoms with Crippen molar-refractivity contribution in [2.45, 2.75) is 38.5 Å². The van der Waals surface area contributed by atoms with Gasteiger partial charge in [-0.25, -0.2) is 4.98 Å². The van der Waals surface area contributed by atoms with E-state index < -0.39 is 0 Å². The van der Waals surface area contributed by atoms with Gasteiger partial charge in [0, 0.05) is 12.1 Å². The molecule has 1 aliphatic carbocycles. The van der Waals surface area contributed by atoms with E-state index in [1.165, 1.54) is 12.8 Å². The van der Waals surface area contributed by atoms with Crippen LogP contribution in [0.3, 0.4) is 0 Å². The third kappa shape index (κ3) is 2.81. The monoisotopic (exact) mass is 291 g/mol. The van der Waals surface area contributed by atoms with Gasteiger partial charge in [0.1, 0.15) is 12.4 Å². The SMILES string of the molecule is C[C@H](N)c1ccc(OCc2cncn2C2CC2)c(Cl)c1. The standard InChI is InChI=1S/C15H18ClN3O/c1-10(17)11-2-5-15(14(16)6-11)20-8-13-7-18-9-19(13)12-3-4-12/h2,5-7,9-10,12H,3-4,8,17H2,1H3/t10-/m0/s1. The second kappa shape index (κ2) is 5.46. The lowest BCUT2D eigenvalue weighted by molar-refractivity contribution is 0.295. The molecule has 1 fully saturated rings. The lowest BCUT2D eigenvalue weighted by Crippen LogP contribution is -2.06. The second-order valence-corrected chi connectivity index (χ2v) is 5.70. The van der Waals surface area contributed by atoms with Crippen molar-refractivity contribution in [2.24, 2.45) is 5.73 Å². The molecule has 1 aromatic carbocycles. The molecule has 2 aromatic rings. The molecule has 106 valence electrons. The number of nitrogens with two attached hydrogens (primary N) is 1. The quantitative estimate of drug-likeness (QED) is 0.918. The van der Waals surface area contributed by atoms with Crippen LogP contribution in [0.2, 0.25) is 5.02 Å². The molecule has 0 aliphatic heterocycles. The van der Waals surface area contributed by atoms with Crippen LogP contribution in [-0.2, 0) is 6.61 Å². The van der Waals surface area contributed by atoms with Gasteiger partial charge in [-0.05, 0) is 37.5 Å². The van der Waals surface area contributed by atoms with Crippen LogP contribution >= 0.6 is 11.6 Å². The minimum atomic E-state index is -0.0298. The highest BCUT2D eigenvalue weighted by Gasteiger charge is 2.25. The van der Waals surface area contributed by atoms with Crippen molar-refractivity contribution in [1.29, 1.82) is 0 Å². The molecule has 1 aromatic heterocycles. The van der Waals surface area contributed by atoms with E-state index in [0.29, 0.717) is 23.4 Å². The Hall–Kier alpha value is -1.52. The summed E-state index contributed by atoms with van der Waals surface area (Å²) in [5, 5.41) is 0.595. The highest BCUT2D eigenvalue weighted by atomic mass is 35.5. The zero-order valence-electron chi connectivity index (χ0n) is 11.4. The van der Waals surface area contributed by atoms with Crippen molar-refractivity contribution in [2.75, 3.05) is 0 Å². The Balaban J connectivity index is 1.70.